The van der Waals surface area contributed by atoms with Crippen molar-refractivity contribution in [2.45, 2.75) is 56.9 Å². The molecule has 0 saturated carbocycles. The first-order chi connectivity index (χ1) is 20.2. The number of anilines is 1. The maximum Gasteiger partial charge on any atom is 0.339 e. The molecule has 0 bridgehead atoms. The molecular weight excluding hydrogens is 534 g/mol. The van der Waals surface area contributed by atoms with Gasteiger partial charge in [-0.3, -0.25) is 14.6 Å². The summed E-state index contributed by atoms with van der Waals surface area (Å²) in [7, 11) is 4.28. The fourth-order valence-corrected chi connectivity index (χ4v) is 6.06. The molecule has 1 fully saturated rings. The van der Waals surface area contributed by atoms with E-state index in [-0.39, 0.29) is 11.5 Å². The van der Waals surface area contributed by atoms with E-state index in [1.165, 1.54) is 19.8 Å². The number of esters is 2. The average Bonchev–Trinajstić information content (AvgIpc) is 3.01. The Bertz CT molecular complexity index is 1360. The van der Waals surface area contributed by atoms with Crippen LogP contribution in [0.2, 0.25) is 0 Å². The first-order valence-electron chi connectivity index (χ1n) is 14.4. The lowest BCUT2D eigenvalue weighted by Gasteiger charge is -2.37. The number of dihydropyridines is 1. The normalized spacial score (nSPS) is 21.1. The highest BCUT2D eigenvalue weighted by Gasteiger charge is 2.49. The van der Waals surface area contributed by atoms with Gasteiger partial charge < -0.3 is 24.4 Å². The quantitative estimate of drug-likeness (QED) is 0.411. The Morgan fingerprint density at radius 1 is 1.02 bits per heavy atom. The highest BCUT2D eigenvalue weighted by molar-refractivity contribution is 6.20. The fraction of sp³-hybridized carbons (Fsp3) is 0.455. The number of nitrogens with zero attached hydrogens (tertiary/aromatic N) is 2. The number of rotatable bonds is 10. The molecule has 1 amide bonds. The maximum absolute atomic E-state index is 13.4. The second kappa shape index (κ2) is 13.8. The number of amides is 1. The number of piperidine rings is 1. The topological polar surface area (TPSA) is 107 Å². The molecule has 2 aliphatic rings. The zero-order valence-corrected chi connectivity index (χ0v) is 25.1. The van der Waals surface area contributed by atoms with Crippen molar-refractivity contribution in [1.29, 1.82) is 0 Å². The number of nitrogens with one attached hydrogen (secondary N) is 1. The lowest BCUT2D eigenvalue weighted by Crippen LogP contribution is -2.47. The molecule has 1 saturated heterocycles. The molecule has 9 heteroatoms. The number of hydrogen-bond donors (Lipinski definition) is 1. The molecule has 224 valence electrons. The zero-order valence-electron chi connectivity index (χ0n) is 25.1. The van der Waals surface area contributed by atoms with E-state index in [1.54, 1.807) is 51.3 Å². The van der Waals surface area contributed by atoms with Gasteiger partial charge in [-0.05, 0) is 94.1 Å². The van der Waals surface area contributed by atoms with E-state index in [1.807, 2.05) is 12.1 Å². The summed E-state index contributed by atoms with van der Waals surface area (Å²) in [4.78, 5) is 46.0. The van der Waals surface area contributed by atoms with Crippen molar-refractivity contribution >= 4 is 29.2 Å². The van der Waals surface area contributed by atoms with Gasteiger partial charge in [0, 0.05) is 17.8 Å². The summed E-state index contributed by atoms with van der Waals surface area (Å²) in [6.45, 7) is 6.31. The summed E-state index contributed by atoms with van der Waals surface area (Å²) in [6, 6.07) is 14.8. The van der Waals surface area contributed by atoms with Gasteiger partial charge in [-0.25, -0.2) is 4.79 Å². The fourth-order valence-electron chi connectivity index (χ4n) is 6.06. The SMILES string of the molecule is COC(=O)C1=CC(C(=O)OC)(c2ccccc2NC(=O)CCCN2CCC(c3cccc(OC)c3)CC2)C(C)N=C1C. The molecule has 0 aliphatic carbocycles. The summed E-state index contributed by atoms with van der Waals surface area (Å²) in [5, 5.41) is 3.01. The minimum atomic E-state index is -1.42. The highest BCUT2D eigenvalue weighted by atomic mass is 16.5. The van der Waals surface area contributed by atoms with Crippen molar-refractivity contribution in [3.63, 3.8) is 0 Å². The van der Waals surface area contributed by atoms with Crippen LogP contribution in [0.15, 0.2) is 65.2 Å². The summed E-state index contributed by atoms with van der Waals surface area (Å²) in [6.07, 6.45) is 4.77. The third-order valence-electron chi connectivity index (χ3n) is 8.41. The minimum absolute atomic E-state index is 0.144. The Labute approximate surface area is 247 Å². The molecule has 2 atom stereocenters. The van der Waals surface area contributed by atoms with Crippen molar-refractivity contribution in [3.05, 3.63) is 71.3 Å². The predicted octanol–water partition coefficient (Wildman–Crippen LogP) is 4.67. The smallest absolute Gasteiger partial charge is 0.339 e. The minimum Gasteiger partial charge on any atom is -0.497 e. The van der Waals surface area contributed by atoms with Crippen LogP contribution in [0.1, 0.15) is 56.6 Å². The Morgan fingerprint density at radius 3 is 2.45 bits per heavy atom. The van der Waals surface area contributed by atoms with Crippen LogP contribution in [0, 0.1) is 0 Å². The van der Waals surface area contributed by atoms with Crippen LogP contribution in [0.3, 0.4) is 0 Å². The third-order valence-corrected chi connectivity index (χ3v) is 8.41. The number of para-hydroxylation sites is 1. The molecular formula is C33H41N3O6. The molecule has 9 nitrogen and oxygen atoms in total. The van der Waals surface area contributed by atoms with E-state index in [0.717, 1.165) is 38.2 Å². The van der Waals surface area contributed by atoms with Crippen LogP contribution >= 0.6 is 0 Å². The number of benzene rings is 2. The summed E-state index contributed by atoms with van der Waals surface area (Å²) in [5.74, 6) is 0.0919. The van der Waals surface area contributed by atoms with Gasteiger partial charge in [-0.2, -0.15) is 0 Å². The number of likely N-dealkylation sites (tertiary alicyclic amines) is 1. The number of aliphatic imine (C=N–C) groups is 1. The molecule has 1 N–H and O–H groups in total. The van der Waals surface area contributed by atoms with E-state index in [4.69, 9.17) is 14.2 Å². The van der Waals surface area contributed by atoms with Gasteiger partial charge in [-0.1, -0.05) is 30.3 Å². The highest BCUT2D eigenvalue weighted by Crippen LogP contribution is 2.41. The van der Waals surface area contributed by atoms with Crippen molar-refractivity contribution < 1.29 is 28.6 Å². The van der Waals surface area contributed by atoms with Gasteiger partial charge >= 0.3 is 11.9 Å². The zero-order chi connectivity index (χ0) is 30.3. The molecule has 2 aliphatic heterocycles. The molecule has 2 aromatic carbocycles. The second-order valence-electron chi connectivity index (χ2n) is 10.9. The van der Waals surface area contributed by atoms with Crippen molar-refractivity contribution in [1.82, 2.24) is 4.90 Å². The van der Waals surface area contributed by atoms with Crippen molar-refractivity contribution in [3.8, 4) is 5.75 Å². The maximum atomic E-state index is 13.4. The Kier molecular flexibility index (Phi) is 10.2. The van der Waals surface area contributed by atoms with E-state index in [9.17, 15) is 14.4 Å². The first-order valence-corrected chi connectivity index (χ1v) is 14.4. The molecule has 0 spiro atoms. The standard InChI is InChI=1S/C33H41N3O6/c1-22-27(31(38)41-4)21-33(23(2)34-22,32(39)42-5)28-12-6-7-13-29(28)35-30(37)14-9-17-36-18-15-24(16-19-36)25-10-8-11-26(20-25)40-3/h6-8,10-13,20-21,23-24H,9,14-19H2,1-5H3,(H,35,37). The van der Waals surface area contributed by atoms with Crippen LogP contribution in [-0.4, -0.2) is 75.5 Å². The molecule has 0 aromatic heterocycles. The number of methoxy groups -OCH3 is 3. The Balaban J connectivity index is 1.41. The summed E-state index contributed by atoms with van der Waals surface area (Å²) >= 11 is 0. The lowest BCUT2D eigenvalue weighted by atomic mass is 9.71. The van der Waals surface area contributed by atoms with Gasteiger partial charge in [0.2, 0.25) is 5.91 Å². The molecule has 2 unspecified atom stereocenters. The summed E-state index contributed by atoms with van der Waals surface area (Å²) < 4.78 is 15.6. The number of carbonyl (C=O) groups is 3. The average molecular weight is 576 g/mol. The van der Waals surface area contributed by atoms with E-state index in [2.05, 4.69) is 27.3 Å². The van der Waals surface area contributed by atoms with Gasteiger partial charge in [0.25, 0.3) is 0 Å². The van der Waals surface area contributed by atoms with Crippen LogP contribution < -0.4 is 10.1 Å². The van der Waals surface area contributed by atoms with Crippen LogP contribution in [0.25, 0.3) is 0 Å². The van der Waals surface area contributed by atoms with E-state index < -0.39 is 23.4 Å². The number of ether oxygens (including phenoxy) is 3. The van der Waals surface area contributed by atoms with Gasteiger partial charge in [0.1, 0.15) is 11.2 Å². The van der Waals surface area contributed by atoms with E-state index >= 15 is 0 Å². The van der Waals surface area contributed by atoms with Crippen molar-refractivity contribution in [2.75, 3.05) is 46.3 Å². The number of hydrogen-bond acceptors (Lipinski definition) is 8. The monoisotopic (exact) mass is 575 g/mol. The summed E-state index contributed by atoms with van der Waals surface area (Å²) in [5.41, 5.74) is 1.55. The van der Waals surface area contributed by atoms with Gasteiger partial charge in [-0.15, -0.1) is 0 Å². The molecule has 2 aromatic rings. The van der Waals surface area contributed by atoms with Gasteiger partial charge in [0.15, 0.2) is 0 Å². The third kappa shape index (κ3) is 6.57. The molecule has 42 heavy (non-hydrogen) atoms. The van der Waals surface area contributed by atoms with Crippen LogP contribution in [0.4, 0.5) is 5.69 Å². The predicted molar refractivity (Wildman–Crippen MR) is 162 cm³/mol. The van der Waals surface area contributed by atoms with E-state index in [0.29, 0.717) is 35.7 Å². The Morgan fingerprint density at radius 2 is 1.76 bits per heavy atom. The first kappa shape index (κ1) is 31.0. The largest absolute Gasteiger partial charge is 0.497 e. The molecule has 2 heterocycles. The molecule has 4 rings (SSSR count). The van der Waals surface area contributed by atoms with Crippen LogP contribution in [-0.2, 0) is 29.3 Å². The van der Waals surface area contributed by atoms with Gasteiger partial charge in [0.05, 0.1) is 32.9 Å². The number of carbonyl (C=O) groups excluding carboxylic acids is 3. The van der Waals surface area contributed by atoms with Crippen LogP contribution in [0.5, 0.6) is 5.75 Å². The second-order valence-corrected chi connectivity index (χ2v) is 10.9. The Hall–Kier alpha value is -3.98. The molecule has 0 radical (unpaired) electrons. The lowest BCUT2D eigenvalue weighted by molar-refractivity contribution is -0.146. The van der Waals surface area contributed by atoms with Crippen molar-refractivity contribution in [2.24, 2.45) is 4.99 Å².